The minimum Gasteiger partial charge on any atom is -0.493 e. The Labute approximate surface area is 187 Å². The quantitative estimate of drug-likeness (QED) is 0.581. The topological polar surface area (TPSA) is 114 Å². The Morgan fingerprint density at radius 2 is 1.66 bits per heavy atom. The first kappa shape index (κ1) is 23.6. The summed E-state index contributed by atoms with van der Waals surface area (Å²) in [6.07, 6.45) is 2.22. The number of aryl methyl sites for hydroxylation is 1. The molecule has 0 unspecified atom stereocenters. The molecule has 9 nitrogen and oxygen atoms in total. The molecule has 1 aliphatic heterocycles. The molecule has 1 heterocycles. The van der Waals surface area contributed by atoms with Crippen molar-refractivity contribution in [1.29, 1.82) is 0 Å². The molecule has 2 aromatic rings. The van der Waals surface area contributed by atoms with Crippen molar-refractivity contribution in [3.8, 4) is 11.5 Å². The van der Waals surface area contributed by atoms with Crippen LogP contribution in [0, 0.1) is 0 Å². The number of sulfonamides is 1. The molecule has 1 fully saturated rings. The number of methoxy groups -OCH3 is 2. The van der Waals surface area contributed by atoms with E-state index in [2.05, 4.69) is 10.9 Å². The molecule has 2 amide bonds. The van der Waals surface area contributed by atoms with Crippen molar-refractivity contribution in [1.82, 2.24) is 15.2 Å². The summed E-state index contributed by atoms with van der Waals surface area (Å²) < 4.78 is 37.2. The summed E-state index contributed by atoms with van der Waals surface area (Å²) >= 11 is 0. The second-order valence-electron chi connectivity index (χ2n) is 7.29. The van der Waals surface area contributed by atoms with Gasteiger partial charge in [-0.05, 0) is 55.2 Å². The summed E-state index contributed by atoms with van der Waals surface area (Å²) in [6, 6.07) is 11.1. The molecule has 3 rings (SSSR count). The first-order valence-corrected chi connectivity index (χ1v) is 11.7. The van der Waals surface area contributed by atoms with E-state index in [1.165, 1.54) is 42.8 Å². The minimum atomic E-state index is -3.54. The van der Waals surface area contributed by atoms with Crippen molar-refractivity contribution in [2.24, 2.45) is 0 Å². The highest BCUT2D eigenvalue weighted by Crippen LogP contribution is 2.31. The number of nitrogens with one attached hydrogen (secondary N) is 2. The number of amides is 2. The Balaban J connectivity index is 1.53. The van der Waals surface area contributed by atoms with Crippen LogP contribution in [0.15, 0.2) is 47.4 Å². The number of hydrogen-bond donors (Lipinski definition) is 2. The van der Waals surface area contributed by atoms with Crippen LogP contribution in [0.4, 0.5) is 0 Å². The van der Waals surface area contributed by atoms with Gasteiger partial charge in [0, 0.05) is 25.1 Å². The number of ether oxygens (including phenoxy) is 2. The highest BCUT2D eigenvalue weighted by Gasteiger charge is 2.27. The zero-order valence-corrected chi connectivity index (χ0v) is 18.9. The molecule has 172 valence electrons. The van der Waals surface area contributed by atoms with Gasteiger partial charge in [0.15, 0.2) is 11.5 Å². The van der Waals surface area contributed by atoms with E-state index >= 15 is 0 Å². The van der Waals surface area contributed by atoms with Crippen LogP contribution in [0.5, 0.6) is 11.5 Å². The second kappa shape index (κ2) is 10.5. The minimum absolute atomic E-state index is 0.122. The molecular weight excluding hydrogens is 434 g/mol. The van der Waals surface area contributed by atoms with E-state index in [0.717, 1.165) is 18.4 Å². The monoisotopic (exact) mass is 461 g/mol. The normalized spacial score (nSPS) is 14.1. The van der Waals surface area contributed by atoms with E-state index in [4.69, 9.17) is 9.47 Å². The van der Waals surface area contributed by atoms with E-state index in [9.17, 15) is 18.0 Å². The average Bonchev–Trinajstić information content (AvgIpc) is 3.37. The van der Waals surface area contributed by atoms with Gasteiger partial charge in [-0.1, -0.05) is 12.1 Å². The summed E-state index contributed by atoms with van der Waals surface area (Å²) in [6.45, 7) is 1.02. The maximum Gasteiger partial charge on any atom is 0.269 e. The third-order valence-corrected chi connectivity index (χ3v) is 7.15. The Morgan fingerprint density at radius 3 is 2.28 bits per heavy atom. The predicted molar refractivity (Wildman–Crippen MR) is 118 cm³/mol. The molecule has 0 radical (unpaired) electrons. The summed E-state index contributed by atoms with van der Waals surface area (Å²) in [5, 5.41) is 0. The molecule has 0 saturated carbocycles. The molecule has 2 aromatic carbocycles. The number of hydrogen-bond acceptors (Lipinski definition) is 6. The van der Waals surface area contributed by atoms with Crippen LogP contribution in [0.1, 0.15) is 35.2 Å². The van der Waals surface area contributed by atoms with Crippen LogP contribution < -0.4 is 20.3 Å². The van der Waals surface area contributed by atoms with E-state index in [0.29, 0.717) is 31.0 Å². The van der Waals surface area contributed by atoms with Crippen molar-refractivity contribution >= 4 is 21.8 Å². The third kappa shape index (κ3) is 5.38. The average molecular weight is 462 g/mol. The SMILES string of the molecule is COc1cccc(CCC(=O)NNC(=O)c2ccc(S(=O)(=O)N3CCCC3)cc2)c1OC. The fraction of sp³-hybridized carbons (Fsp3) is 0.364. The number of benzene rings is 2. The van der Waals surface area contributed by atoms with Crippen LogP contribution >= 0.6 is 0 Å². The van der Waals surface area contributed by atoms with Gasteiger partial charge in [-0.15, -0.1) is 0 Å². The van der Waals surface area contributed by atoms with Gasteiger partial charge in [-0.2, -0.15) is 4.31 Å². The van der Waals surface area contributed by atoms with E-state index in [-0.39, 0.29) is 22.8 Å². The summed E-state index contributed by atoms with van der Waals surface area (Å²) in [5.41, 5.74) is 5.76. The fourth-order valence-corrected chi connectivity index (χ4v) is 5.03. The molecule has 1 saturated heterocycles. The summed E-state index contributed by atoms with van der Waals surface area (Å²) in [5.74, 6) is 0.226. The number of nitrogens with zero attached hydrogens (tertiary/aromatic N) is 1. The standard InChI is InChI=1S/C22H27N3O6S/c1-30-19-7-5-6-16(21(19)31-2)10-13-20(26)23-24-22(27)17-8-11-18(12-9-17)32(28,29)25-14-3-4-15-25/h5-9,11-12H,3-4,10,13-15H2,1-2H3,(H,23,26)(H,24,27). The Bertz CT molecular complexity index is 1060. The maximum absolute atomic E-state index is 12.6. The van der Waals surface area contributed by atoms with Crippen molar-refractivity contribution in [3.05, 3.63) is 53.6 Å². The molecule has 2 N–H and O–H groups in total. The first-order valence-electron chi connectivity index (χ1n) is 10.3. The van der Waals surface area contributed by atoms with Crippen LogP contribution in [-0.2, 0) is 21.2 Å². The zero-order valence-electron chi connectivity index (χ0n) is 18.1. The lowest BCUT2D eigenvalue weighted by Crippen LogP contribution is -2.41. The molecule has 0 bridgehead atoms. The van der Waals surface area contributed by atoms with Gasteiger partial charge in [0.25, 0.3) is 5.91 Å². The van der Waals surface area contributed by atoms with E-state index in [1.807, 2.05) is 12.1 Å². The van der Waals surface area contributed by atoms with Gasteiger partial charge < -0.3 is 9.47 Å². The Kier molecular flexibility index (Phi) is 7.70. The van der Waals surface area contributed by atoms with Gasteiger partial charge in [0.1, 0.15) is 0 Å². The highest BCUT2D eigenvalue weighted by atomic mass is 32.2. The molecular formula is C22H27N3O6S. The predicted octanol–water partition coefficient (Wildman–Crippen LogP) is 1.88. The molecule has 0 atom stereocenters. The van der Waals surface area contributed by atoms with Gasteiger partial charge in [-0.25, -0.2) is 8.42 Å². The fourth-order valence-electron chi connectivity index (χ4n) is 3.52. The summed E-state index contributed by atoms with van der Waals surface area (Å²) in [4.78, 5) is 24.6. The number of carbonyl (C=O) groups is 2. The van der Waals surface area contributed by atoms with Crippen LogP contribution in [0.3, 0.4) is 0 Å². The molecule has 0 aliphatic carbocycles. The Morgan fingerprint density at radius 1 is 0.969 bits per heavy atom. The van der Waals surface area contributed by atoms with Crippen LogP contribution in [0.2, 0.25) is 0 Å². The second-order valence-corrected chi connectivity index (χ2v) is 9.23. The van der Waals surface area contributed by atoms with Crippen LogP contribution in [0.25, 0.3) is 0 Å². The third-order valence-electron chi connectivity index (χ3n) is 5.24. The lowest BCUT2D eigenvalue weighted by molar-refractivity contribution is -0.121. The zero-order chi connectivity index (χ0) is 23.1. The van der Waals surface area contributed by atoms with Gasteiger partial charge in [-0.3, -0.25) is 20.4 Å². The van der Waals surface area contributed by atoms with E-state index < -0.39 is 15.9 Å². The van der Waals surface area contributed by atoms with Crippen molar-refractivity contribution in [2.75, 3.05) is 27.3 Å². The van der Waals surface area contributed by atoms with Gasteiger partial charge >= 0.3 is 0 Å². The molecule has 0 spiro atoms. The van der Waals surface area contributed by atoms with E-state index in [1.54, 1.807) is 6.07 Å². The summed E-state index contributed by atoms with van der Waals surface area (Å²) in [7, 11) is -0.468. The number of rotatable bonds is 8. The Hall–Kier alpha value is -3.11. The number of carbonyl (C=O) groups excluding carboxylic acids is 2. The van der Waals surface area contributed by atoms with Crippen molar-refractivity contribution in [3.63, 3.8) is 0 Å². The molecule has 0 aromatic heterocycles. The number of para-hydroxylation sites is 1. The maximum atomic E-state index is 12.6. The largest absolute Gasteiger partial charge is 0.493 e. The highest BCUT2D eigenvalue weighted by molar-refractivity contribution is 7.89. The van der Waals surface area contributed by atoms with Crippen molar-refractivity contribution < 1.29 is 27.5 Å². The lowest BCUT2D eigenvalue weighted by atomic mass is 10.1. The van der Waals surface area contributed by atoms with Gasteiger partial charge in [0.05, 0.1) is 19.1 Å². The number of hydrazine groups is 1. The smallest absolute Gasteiger partial charge is 0.269 e. The molecule has 1 aliphatic rings. The lowest BCUT2D eigenvalue weighted by Gasteiger charge is -2.15. The van der Waals surface area contributed by atoms with Crippen molar-refractivity contribution in [2.45, 2.75) is 30.6 Å². The molecule has 32 heavy (non-hydrogen) atoms. The first-order chi connectivity index (χ1) is 15.4. The van der Waals surface area contributed by atoms with Crippen LogP contribution in [-0.4, -0.2) is 51.8 Å². The molecule has 10 heteroatoms. The van der Waals surface area contributed by atoms with Gasteiger partial charge in [0.2, 0.25) is 15.9 Å².